The molecule has 0 spiro atoms. The third-order valence-electron chi connectivity index (χ3n) is 3.20. The van der Waals surface area contributed by atoms with Gasteiger partial charge in [-0.2, -0.15) is 0 Å². The Morgan fingerprint density at radius 2 is 1.84 bits per heavy atom. The van der Waals surface area contributed by atoms with Crippen molar-refractivity contribution in [2.24, 2.45) is 11.7 Å². The van der Waals surface area contributed by atoms with Crippen LogP contribution in [0.2, 0.25) is 0 Å². The molecule has 0 aliphatic rings. The van der Waals surface area contributed by atoms with Crippen LogP contribution in [0.3, 0.4) is 0 Å². The first-order chi connectivity index (χ1) is 8.99. The molecule has 1 rings (SSSR count). The van der Waals surface area contributed by atoms with Gasteiger partial charge in [0.2, 0.25) is 5.91 Å². The van der Waals surface area contributed by atoms with Gasteiger partial charge in [-0.1, -0.05) is 20.3 Å². The van der Waals surface area contributed by atoms with E-state index < -0.39 is 6.04 Å². The summed E-state index contributed by atoms with van der Waals surface area (Å²) in [6.45, 7) is 3.94. The molecule has 0 saturated carbocycles. The summed E-state index contributed by atoms with van der Waals surface area (Å²) in [4.78, 5) is 23.2. The number of rotatable bonds is 5. The van der Waals surface area contributed by atoms with Gasteiger partial charge in [0.05, 0.1) is 6.04 Å². The molecule has 4 N–H and O–H groups in total. The van der Waals surface area contributed by atoms with Crippen LogP contribution in [0.4, 0.5) is 5.69 Å². The molecular weight excluding hydrogens is 242 g/mol. The molecule has 2 atom stereocenters. The first-order valence-electron chi connectivity index (χ1n) is 6.38. The Morgan fingerprint density at radius 1 is 1.26 bits per heavy atom. The second-order valence-corrected chi connectivity index (χ2v) is 4.56. The third-order valence-corrected chi connectivity index (χ3v) is 3.20. The third kappa shape index (κ3) is 4.06. The van der Waals surface area contributed by atoms with Crippen molar-refractivity contribution >= 4 is 17.5 Å². The lowest BCUT2D eigenvalue weighted by Gasteiger charge is -2.17. The predicted octanol–water partition coefficient (Wildman–Crippen LogP) is 1.36. The van der Waals surface area contributed by atoms with E-state index in [-0.39, 0.29) is 17.7 Å². The Morgan fingerprint density at radius 3 is 2.32 bits per heavy atom. The number of hydrogen-bond donors (Lipinski definition) is 3. The molecule has 104 valence electrons. The van der Waals surface area contributed by atoms with Crippen LogP contribution in [0.5, 0.6) is 0 Å². The summed E-state index contributed by atoms with van der Waals surface area (Å²) < 4.78 is 0. The van der Waals surface area contributed by atoms with Crippen molar-refractivity contribution in [1.29, 1.82) is 0 Å². The van der Waals surface area contributed by atoms with E-state index in [1.54, 1.807) is 31.3 Å². The highest BCUT2D eigenvalue weighted by Crippen LogP contribution is 2.12. The fourth-order valence-electron chi connectivity index (χ4n) is 1.59. The topological polar surface area (TPSA) is 84.2 Å². The minimum absolute atomic E-state index is 0.130. The van der Waals surface area contributed by atoms with Crippen molar-refractivity contribution < 1.29 is 9.59 Å². The molecule has 0 aliphatic carbocycles. The van der Waals surface area contributed by atoms with Crippen molar-refractivity contribution in [2.75, 3.05) is 12.4 Å². The molecule has 0 bridgehead atoms. The van der Waals surface area contributed by atoms with E-state index in [2.05, 4.69) is 10.6 Å². The lowest BCUT2D eigenvalue weighted by atomic mass is 9.99. The molecular formula is C14H21N3O2. The quantitative estimate of drug-likeness (QED) is 0.750. The van der Waals surface area contributed by atoms with E-state index in [0.717, 1.165) is 6.42 Å². The van der Waals surface area contributed by atoms with Crippen molar-refractivity contribution in [3.8, 4) is 0 Å². The van der Waals surface area contributed by atoms with Crippen LogP contribution in [-0.2, 0) is 4.79 Å². The van der Waals surface area contributed by atoms with Gasteiger partial charge in [-0.15, -0.1) is 0 Å². The number of carbonyl (C=O) groups excluding carboxylic acids is 2. The van der Waals surface area contributed by atoms with Gasteiger partial charge in [-0.05, 0) is 30.2 Å². The normalized spacial score (nSPS) is 13.5. The summed E-state index contributed by atoms with van der Waals surface area (Å²) in [5, 5.41) is 5.28. The van der Waals surface area contributed by atoms with Gasteiger partial charge in [0.15, 0.2) is 0 Å². The molecule has 0 fully saturated rings. The number of carbonyl (C=O) groups is 2. The van der Waals surface area contributed by atoms with Crippen molar-refractivity contribution in [1.82, 2.24) is 5.32 Å². The largest absolute Gasteiger partial charge is 0.355 e. The van der Waals surface area contributed by atoms with Crippen molar-refractivity contribution in [3.05, 3.63) is 29.8 Å². The molecule has 5 heteroatoms. The van der Waals surface area contributed by atoms with Crippen LogP contribution in [0.25, 0.3) is 0 Å². The first-order valence-corrected chi connectivity index (χ1v) is 6.38. The predicted molar refractivity (Wildman–Crippen MR) is 75.9 cm³/mol. The molecule has 1 aromatic carbocycles. The number of hydrogen-bond acceptors (Lipinski definition) is 3. The van der Waals surface area contributed by atoms with Gasteiger partial charge >= 0.3 is 0 Å². The number of amides is 2. The number of benzene rings is 1. The Balaban J connectivity index is 2.68. The fourth-order valence-corrected chi connectivity index (χ4v) is 1.59. The fraction of sp³-hybridized carbons (Fsp3) is 0.429. The highest BCUT2D eigenvalue weighted by Gasteiger charge is 2.19. The minimum Gasteiger partial charge on any atom is -0.355 e. The molecule has 0 radical (unpaired) electrons. The Kier molecular flexibility index (Phi) is 5.51. The highest BCUT2D eigenvalue weighted by molar-refractivity contribution is 5.97. The average Bonchev–Trinajstić information content (AvgIpc) is 2.45. The van der Waals surface area contributed by atoms with Gasteiger partial charge in [0.1, 0.15) is 0 Å². The molecule has 0 aromatic heterocycles. The van der Waals surface area contributed by atoms with E-state index in [0.29, 0.717) is 11.3 Å². The highest BCUT2D eigenvalue weighted by atomic mass is 16.2. The lowest BCUT2D eigenvalue weighted by molar-refractivity contribution is -0.118. The maximum atomic E-state index is 11.9. The van der Waals surface area contributed by atoms with Crippen LogP contribution in [0.15, 0.2) is 24.3 Å². The number of nitrogens with two attached hydrogens (primary N) is 1. The maximum absolute atomic E-state index is 11.9. The molecule has 0 aliphatic heterocycles. The number of nitrogens with one attached hydrogen (secondary N) is 2. The lowest BCUT2D eigenvalue weighted by Crippen LogP contribution is -2.40. The summed E-state index contributed by atoms with van der Waals surface area (Å²) >= 11 is 0. The molecule has 2 amide bonds. The van der Waals surface area contributed by atoms with Crippen LogP contribution >= 0.6 is 0 Å². The second kappa shape index (κ2) is 6.89. The standard InChI is InChI=1S/C14H21N3O2/c1-4-9(2)12(15)14(19)17-11-7-5-10(6-8-11)13(18)16-3/h5-9,12H,4,15H2,1-3H3,(H,16,18)(H,17,19)/t9?,12-/m0/s1. The first kappa shape index (κ1) is 15.2. The summed E-state index contributed by atoms with van der Waals surface area (Å²) in [6, 6.07) is 6.16. The maximum Gasteiger partial charge on any atom is 0.251 e. The van der Waals surface area contributed by atoms with Gasteiger partial charge in [0, 0.05) is 18.3 Å². The van der Waals surface area contributed by atoms with E-state index in [9.17, 15) is 9.59 Å². The zero-order valence-electron chi connectivity index (χ0n) is 11.6. The van der Waals surface area contributed by atoms with E-state index >= 15 is 0 Å². The SMILES string of the molecule is CCC(C)[C@H](N)C(=O)Nc1ccc(C(=O)NC)cc1. The van der Waals surface area contributed by atoms with Crippen LogP contribution in [-0.4, -0.2) is 24.9 Å². The van der Waals surface area contributed by atoms with Crippen LogP contribution in [0.1, 0.15) is 30.6 Å². The summed E-state index contributed by atoms with van der Waals surface area (Å²) in [6.07, 6.45) is 0.851. The Bertz CT molecular complexity index is 443. The molecule has 5 nitrogen and oxygen atoms in total. The van der Waals surface area contributed by atoms with E-state index in [1.165, 1.54) is 0 Å². The molecule has 1 aromatic rings. The van der Waals surface area contributed by atoms with Gasteiger partial charge in [-0.25, -0.2) is 0 Å². The number of anilines is 1. The second-order valence-electron chi connectivity index (χ2n) is 4.56. The van der Waals surface area contributed by atoms with Gasteiger partial charge < -0.3 is 16.4 Å². The zero-order valence-corrected chi connectivity index (χ0v) is 11.6. The smallest absolute Gasteiger partial charge is 0.251 e. The average molecular weight is 263 g/mol. The van der Waals surface area contributed by atoms with Crippen molar-refractivity contribution in [3.63, 3.8) is 0 Å². The van der Waals surface area contributed by atoms with E-state index in [1.807, 2.05) is 13.8 Å². The zero-order chi connectivity index (χ0) is 14.4. The van der Waals surface area contributed by atoms with Crippen LogP contribution < -0.4 is 16.4 Å². The molecule has 1 unspecified atom stereocenters. The van der Waals surface area contributed by atoms with Gasteiger partial charge in [-0.3, -0.25) is 9.59 Å². The molecule has 0 heterocycles. The molecule has 0 saturated heterocycles. The Labute approximate surface area is 113 Å². The van der Waals surface area contributed by atoms with Gasteiger partial charge in [0.25, 0.3) is 5.91 Å². The van der Waals surface area contributed by atoms with Crippen LogP contribution in [0, 0.1) is 5.92 Å². The summed E-state index contributed by atoms with van der Waals surface area (Å²) in [5.41, 5.74) is 7.03. The Hall–Kier alpha value is -1.88. The minimum atomic E-state index is -0.524. The summed E-state index contributed by atoms with van der Waals surface area (Å²) in [7, 11) is 1.57. The summed E-state index contributed by atoms with van der Waals surface area (Å²) in [5.74, 6) is -0.235. The molecule has 19 heavy (non-hydrogen) atoms. The monoisotopic (exact) mass is 263 g/mol. The van der Waals surface area contributed by atoms with E-state index in [4.69, 9.17) is 5.73 Å². The van der Waals surface area contributed by atoms with Crippen molar-refractivity contribution in [2.45, 2.75) is 26.3 Å².